The number of halogens is 1. The molecule has 33 heavy (non-hydrogen) atoms. The van der Waals surface area contributed by atoms with E-state index in [2.05, 4.69) is 24.3 Å². The van der Waals surface area contributed by atoms with Gasteiger partial charge in [0.05, 0.1) is 12.1 Å². The lowest BCUT2D eigenvalue weighted by Crippen LogP contribution is -2.56. The van der Waals surface area contributed by atoms with Gasteiger partial charge in [-0.2, -0.15) is 0 Å². The Morgan fingerprint density at radius 1 is 0.939 bits per heavy atom. The number of nitrogens with zero attached hydrogens (tertiary/aromatic N) is 1. The predicted molar refractivity (Wildman–Crippen MR) is 122 cm³/mol. The average molecular weight is 451 g/mol. The van der Waals surface area contributed by atoms with Crippen molar-refractivity contribution in [2.75, 3.05) is 6.61 Å². The minimum Gasteiger partial charge on any atom is -0.394 e. The monoisotopic (exact) mass is 451 g/mol. The molecular formula is C26H26FNO5. The molecule has 2 heterocycles. The fourth-order valence-electron chi connectivity index (χ4n) is 4.75. The lowest BCUT2D eigenvalue weighted by Gasteiger charge is -2.40. The molecule has 0 spiro atoms. The number of aliphatic hydroxyl groups is 4. The van der Waals surface area contributed by atoms with Gasteiger partial charge in [-0.25, -0.2) is 4.39 Å². The fraction of sp³-hybridized carbons (Fsp3) is 0.308. The lowest BCUT2D eigenvalue weighted by molar-refractivity contribution is -0.250. The van der Waals surface area contributed by atoms with Crippen LogP contribution in [0.4, 0.5) is 4.39 Å². The van der Waals surface area contributed by atoms with Crippen LogP contribution in [-0.4, -0.2) is 56.0 Å². The molecule has 0 aliphatic carbocycles. The molecule has 0 bridgehead atoms. The van der Waals surface area contributed by atoms with E-state index in [1.54, 1.807) is 22.9 Å². The van der Waals surface area contributed by atoms with Crippen LogP contribution in [0.25, 0.3) is 21.7 Å². The molecule has 1 aliphatic rings. The molecule has 1 aliphatic heterocycles. The smallest absolute Gasteiger partial charge is 0.163 e. The zero-order chi connectivity index (χ0) is 23.3. The third kappa shape index (κ3) is 3.82. The molecule has 5 rings (SSSR count). The van der Waals surface area contributed by atoms with Gasteiger partial charge in [-0.3, -0.25) is 0 Å². The number of aromatic nitrogens is 1. The summed E-state index contributed by atoms with van der Waals surface area (Å²) in [5.41, 5.74) is 3.37. The first kappa shape index (κ1) is 22.0. The number of hydrogen-bond acceptors (Lipinski definition) is 5. The molecule has 4 aromatic rings. The molecule has 5 atom stereocenters. The Morgan fingerprint density at radius 3 is 2.48 bits per heavy atom. The van der Waals surface area contributed by atoms with Gasteiger partial charge in [0.1, 0.15) is 30.2 Å². The van der Waals surface area contributed by atoms with Gasteiger partial charge in [0.25, 0.3) is 0 Å². The van der Waals surface area contributed by atoms with Crippen LogP contribution in [0.5, 0.6) is 0 Å². The SMILES string of the molecule is Cc1ccc2cc(Cc3cn([C@@H]4O[C@H](CO)[C@@H](O)[C@H](O)[C@H]4O)c4cccc(F)c34)ccc2c1. The van der Waals surface area contributed by atoms with Crippen LogP contribution in [0.1, 0.15) is 22.9 Å². The summed E-state index contributed by atoms with van der Waals surface area (Å²) in [6.07, 6.45) is -4.42. The van der Waals surface area contributed by atoms with Crippen molar-refractivity contribution in [3.05, 3.63) is 83.3 Å². The van der Waals surface area contributed by atoms with E-state index < -0.39 is 43.1 Å². The molecule has 172 valence electrons. The molecule has 4 N–H and O–H groups in total. The molecule has 0 saturated carbocycles. The zero-order valence-electron chi connectivity index (χ0n) is 18.1. The van der Waals surface area contributed by atoms with Crippen molar-refractivity contribution in [2.45, 2.75) is 44.0 Å². The number of hydrogen-bond donors (Lipinski definition) is 4. The lowest BCUT2D eigenvalue weighted by atomic mass is 9.98. The molecular weight excluding hydrogens is 425 g/mol. The van der Waals surface area contributed by atoms with Gasteiger partial charge in [0.15, 0.2) is 6.23 Å². The fourth-order valence-corrected chi connectivity index (χ4v) is 4.75. The molecule has 1 saturated heterocycles. The minimum absolute atomic E-state index is 0.401. The van der Waals surface area contributed by atoms with Gasteiger partial charge >= 0.3 is 0 Å². The quantitative estimate of drug-likeness (QED) is 0.383. The molecule has 1 aromatic heterocycles. The summed E-state index contributed by atoms with van der Waals surface area (Å²) in [7, 11) is 0. The van der Waals surface area contributed by atoms with Crippen LogP contribution in [-0.2, 0) is 11.2 Å². The van der Waals surface area contributed by atoms with E-state index in [0.29, 0.717) is 22.9 Å². The summed E-state index contributed by atoms with van der Waals surface area (Å²) in [6.45, 7) is 1.52. The summed E-state index contributed by atoms with van der Waals surface area (Å²) in [6, 6.07) is 17.0. The number of rotatable bonds is 4. The first-order valence-corrected chi connectivity index (χ1v) is 10.9. The van der Waals surface area contributed by atoms with Crippen LogP contribution in [0.15, 0.2) is 60.8 Å². The first-order chi connectivity index (χ1) is 15.9. The highest BCUT2D eigenvalue weighted by Gasteiger charge is 2.44. The highest BCUT2D eigenvalue weighted by molar-refractivity contribution is 5.86. The van der Waals surface area contributed by atoms with E-state index in [4.69, 9.17) is 4.74 Å². The predicted octanol–water partition coefficient (Wildman–Crippen LogP) is 2.81. The Balaban J connectivity index is 1.58. The number of aliphatic hydroxyl groups excluding tert-OH is 4. The third-order valence-electron chi connectivity index (χ3n) is 6.48. The summed E-state index contributed by atoms with van der Waals surface area (Å²) in [4.78, 5) is 0. The van der Waals surface area contributed by atoms with Gasteiger partial charge in [0.2, 0.25) is 0 Å². The second-order valence-electron chi connectivity index (χ2n) is 8.78. The van der Waals surface area contributed by atoms with Crippen LogP contribution in [0, 0.1) is 12.7 Å². The summed E-state index contributed by atoms with van der Waals surface area (Å²) in [5, 5.41) is 43.1. The normalized spacial score (nSPS) is 25.7. The van der Waals surface area contributed by atoms with Crippen LogP contribution < -0.4 is 0 Å². The topological polar surface area (TPSA) is 95.1 Å². The highest BCUT2D eigenvalue weighted by atomic mass is 19.1. The van der Waals surface area contributed by atoms with E-state index >= 15 is 0 Å². The Kier molecular flexibility index (Phi) is 5.68. The van der Waals surface area contributed by atoms with Gasteiger partial charge in [-0.15, -0.1) is 0 Å². The van der Waals surface area contributed by atoms with Crippen LogP contribution in [0.3, 0.4) is 0 Å². The molecule has 0 radical (unpaired) electrons. The molecule has 0 unspecified atom stereocenters. The summed E-state index contributed by atoms with van der Waals surface area (Å²) < 4.78 is 22.3. The molecule has 3 aromatic carbocycles. The average Bonchev–Trinajstić information content (AvgIpc) is 3.17. The van der Waals surface area contributed by atoms with E-state index in [1.165, 1.54) is 11.6 Å². The van der Waals surface area contributed by atoms with Crippen LogP contribution in [0.2, 0.25) is 0 Å². The maximum atomic E-state index is 15.0. The number of aryl methyl sites for hydroxylation is 1. The summed E-state index contributed by atoms with van der Waals surface area (Å²) >= 11 is 0. The second kappa shape index (κ2) is 8.52. The van der Waals surface area contributed by atoms with Crippen molar-refractivity contribution in [3.8, 4) is 0 Å². The van der Waals surface area contributed by atoms with Crippen molar-refractivity contribution < 1.29 is 29.6 Å². The molecule has 1 fully saturated rings. The largest absolute Gasteiger partial charge is 0.394 e. The number of ether oxygens (including phenoxy) is 1. The number of benzene rings is 3. The minimum atomic E-state index is -1.51. The van der Waals surface area contributed by atoms with Crippen molar-refractivity contribution in [1.82, 2.24) is 4.57 Å². The van der Waals surface area contributed by atoms with E-state index in [0.717, 1.165) is 16.3 Å². The Bertz CT molecular complexity index is 1320. The third-order valence-corrected chi connectivity index (χ3v) is 6.48. The van der Waals surface area contributed by atoms with Crippen molar-refractivity contribution in [1.29, 1.82) is 0 Å². The van der Waals surface area contributed by atoms with Gasteiger partial charge in [0, 0.05) is 11.6 Å². The van der Waals surface area contributed by atoms with E-state index in [9.17, 15) is 24.8 Å². The first-order valence-electron chi connectivity index (χ1n) is 10.9. The zero-order valence-corrected chi connectivity index (χ0v) is 18.1. The number of fused-ring (bicyclic) bond motifs is 2. The Morgan fingerprint density at radius 2 is 1.70 bits per heavy atom. The Labute approximate surface area is 190 Å². The van der Waals surface area contributed by atoms with Gasteiger partial charge < -0.3 is 29.7 Å². The van der Waals surface area contributed by atoms with Crippen LogP contribution >= 0.6 is 0 Å². The maximum Gasteiger partial charge on any atom is 0.163 e. The highest BCUT2D eigenvalue weighted by Crippen LogP contribution is 2.35. The van der Waals surface area contributed by atoms with Gasteiger partial charge in [-0.05, 0) is 47.4 Å². The van der Waals surface area contributed by atoms with Crippen molar-refractivity contribution in [2.24, 2.45) is 0 Å². The summed E-state index contributed by atoms with van der Waals surface area (Å²) in [5.74, 6) is -0.401. The van der Waals surface area contributed by atoms with Gasteiger partial charge in [-0.1, -0.05) is 48.0 Å². The van der Waals surface area contributed by atoms with Crippen molar-refractivity contribution >= 4 is 21.7 Å². The standard InChI is InChI=1S/C26H26FNO5/c1-14-5-7-17-10-15(6-8-16(17)9-14)11-18-12-28(20-4-2-3-19(27)22(18)20)26-25(32)24(31)23(30)21(13-29)33-26/h2-10,12,21,23-26,29-32H,11,13H2,1H3/t21-,23-,24+,25-,26-/m1/s1. The van der Waals surface area contributed by atoms with E-state index in [1.807, 2.05) is 19.1 Å². The molecule has 6 nitrogen and oxygen atoms in total. The Hall–Kier alpha value is -2.81. The maximum absolute atomic E-state index is 15.0. The molecule has 7 heteroatoms. The van der Waals surface area contributed by atoms with E-state index in [-0.39, 0.29) is 0 Å². The molecule has 0 amide bonds. The second-order valence-corrected chi connectivity index (χ2v) is 8.78. The van der Waals surface area contributed by atoms with Crippen molar-refractivity contribution in [3.63, 3.8) is 0 Å².